The Bertz CT molecular complexity index is 1050. The highest BCUT2D eigenvalue weighted by Crippen LogP contribution is 2.72. The molecule has 4 aliphatic carbocycles. The van der Waals surface area contributed by atoms with Crippen LogP contribution in [-0.4, -0.2) is 51.2 Å². The van der Waals surface area contributed by atoms with Crippen LogP contribution < -0.4 is 0 Å². The van der Waals surface area contributed by atoms with E-state index in [2.05, 4.69) is 22.9 Å². The van der Waals surface area contributed by atoms with E-state index in [1.165, 1.54) is 0 Å². The topological polar surface area (TPSA) is 107 Å². The molecule has 1 N–H and O–H groups in total. The van der Waals surface area contributed by atoms with Crippen molar-refractivity contribution in [1.82, 2.24) is 0 Å². The number of aliphatic hydroxyl groups is 1. The molecule has 3 fully saturated rings. The number of aliphatic hydroxyl groups excluding tert-OH is 1. The maximum absolute atomic E-state index is 13.9. The molecule has 0 radical (unpaired) electrons. The standard InChI is InChI=1S/C28H37BrO7/c1-6-23(33)35-15-22(32)28(36-24(34)7-2)16(3)12-20-19-9-8-17-13-18(30)10-11-25(17,4)27(19,29)21(31)14-26(20,28)5/h10-11,13,16,19-21,31H,6-9,12,14-15H2,1-5H3/t16?,19?,20?,21?,25-,26-,27-,28-/m0/s1. The molecular weight excluding hydrogens is 528 g/mol. The highest BCUT2D eigenvalue weighted by Gasteiger charge is 2.76. The van der Waals surface area contributed by atoms with Crippen LogP contribution in [0.15, 0.2) is 23.8 Å². The van der Waals surface area contributed by atoms with Crippen LogP contribution in [-0.2, 0) is 28.7 Å². The monoisotopic (exact) mass is 564 g/mol. The summed E-state index contributed by atoms with van der Waals surface area (Å²) < 4.78 is 10.6. The van der Waals surface area contributed by atoms with Crippen molar-refractivity contribution in [2.75, 3.05) is 6.61 Å². The quantitative estimate of drug-likeness (QED) is 0.379. The number of allylic oxidation sites excluding steroid dienone is 4. The largest absolute Gasteiger partial charge is 0.457 e. The van der Waals surface area contributed by atoms with Gasteiger partial charge in [0.2, 0.25) is 5.78 Å². The van der Waals surface area contributed by atoms with Gasteiger partial charge in [0.25, 0.3) is 0 Å². The number of rotatable bonds is 6. The maximum Gasteiger partial charge on any atom is 0.306 e. The van der Waals surface area contributed by atoms with Crippen molar-refractivity contribution in [2.24, 2.45) is 28.6 Å². The van der Waals surface area contributed by atoms with Gasteiger partial charge in [-0.3, -0.25) is 19.2 Å². The van der Waals surface area contributed by atoms with Crippen LogP contribution in [0, 0.1) is 28.6 Å². The Kier molecular flexibility index (Phi) is 6.95. The minimum absolute atomic E-state index is 0.0399. The van der Waals surface area contributed by atoms with E-state index in [0.717, 1.165) is 12.0 Å². The Morgan fingerprint density at radius 3 is 2.44 bits per heavy atom. The number of hydrogen-bond acceptors (Lipinski definition) is 7. The van der Waals surface area contributed by atoms with Crippen molar-refractivity contribution >= 4 is 39.4 Å². The first-order chi connectivity index (χ1) is 16.8. The zero-order chi connectivity index (χ0) is 26.7. The summed E-state index contributed by atoms with van der Waals surface area (Å²) in [5.74, 6) is -1.86. The van der Waals surface area contributed by atoms with Gasteiger partial charge >= 0.3 is 11.9 Å². The van der Waals surface area contributed by atoms with Crippen molar-refractivity contribution in [3.8, 4) is 0 Å². The van der Waals surface area contributed by atoms with Crippen LogP contribution in [0.4, 0.5) is 0 Å². The predicted molar refractivity (Wildman–Crippen MR) is 136 cm³/mol. The number of alkyl halides is 1. The van der Waals surface area contributed by atoms with Gasteiger partial charge in [0, 0.05) is 29.6 Å². The fraction of sp³-hybridized carbons (Fsp3) is 0.714. The van der Waals surface area contributed by atoms with E-state index in [1.807, 2.05) is 19.9 Å². The summed E-state index contributed by atoms with van der Waals surface area (Å²) in [5.41, 5.74) is -1.94. The van der Waals surface area contributed by atoms with Gasteiger partial charge < -0.3 is 14.6 Å². The van der Waals surface area contributed by atoms with Gasteiger partial charge in [-0.25, -0.2) is 0 Å². The van der Waals surface area contributed by atoms with E-state index < -0.39 is 51.2 Å². The van der Waals surface area contributed by atoms with E-state index in [9.17, 15) is 24.3 Å². The van der Waals surface area contributed by atoms with Crippen LogP contribution in [0.25, 0.3) is 0 Å². The van der Waals surface area contributed by atoms with Crippen molar-refractivity contribution in [1.29, 1.82) is 0 Å². The number of carbonyl (C=O) groups excluding carboxylic acids is 4. The van der Waals surface area contributed by atoms with Gasteiger partial charge in [-0.05, 0) is 49.7 Å². The van der Waals surface area contributed by atoms with Gasteiger partial charge in [0.05, 0.1) is 10.4 Å². The Balaban J connectivity index is 1.80. The van der Waals surface area contributed by atoms with Gasteiger partial charge in [0.15, 0.2) is 18.0 Å². The molecule has 7 nitrogen and oxygen atoms in total. The number of halogens is 1. The molecule has 0 aromatic carbocycles. The normalized spacial score (nSPS) is 43.1. The third-order valence-corrected chi connectivity index (χ3v) is 11.8. The van der Waals surface area contributed by atoms with Crippen LogP contribution in [0.1, 0.15) is 73.1 Å². The fourth-order valence-corrected chi connectivity index (χ4v) is 9.10. The van der Waals surface area contributed by atoms with Gasteiger partial charge in [-0.1, -0.05) is 62.2 Å². The summed E-state index contributed by atoms with van der Waals surface area (Å²) in [6.07, 6.45) is 6.83. The molecule has 0 spiro atoms. The Morgan fingerprint density at radius 1 is 1.14 bits per heavy atom. The zero-order valence-electron chi connectivity index (χ0n) is 21.8. The van der Waals surface area contributed by atoms with Crippen molar-refractivity contribution < 1.29 is 33.8 Å². The minimum Gasteiger partial charge on any atom is -0.457 e. The average molecular weight is 566 g/mol. The first-order valence-corrected chi connectivity index (χ1v) is 13.8. The molecule has 8 atom stereocenters. The third kappa shape index (κ3) is 3.53. The number of fused-ring (bicyclic) bond motifs is 5. The lowest BCUT2D eigenvalue weighted by atomic mass is 9.46. The first-order valence-electron chi connectivity index (χ1n) is 13.0. The lowest BCUT2D eigenvalue weighted by molar-refractivity contribution is -0.202. The summed E-state index contributed by atoms with van der Waals surface area (Å²) >= 11 is 4.02. The molecule has 0 aliphatic heterocycles. The van der Waals surface area contributed by atoms with Crippen molar-refractivity contribution in [3.05, 3.63) is 23.8 Å². The third-order valence-electron chi connectivity index (χ3n) is 9.81. The fourth-order valence-electron chi connectivity index (χ4n) is 8.01. The van der Waals surface area contributed by atoms with Crippen molar-refractivity contribution in [2.45, 2.75) is 89.2 Å². The van der Waals surface area contributed by atoms with E-state index in [4.69, 9.17) is 9.47 Å². The molecule has 4 rings (SSSR count). The van der Waals surface area contributed by atoms with Crippen molar-refractivity contribution in [3.63, 3.8) is 0 Å². The second kappa shape index (κ2) is 9.19. The van der Waals surface area contributed by atoms with Gasteiger partial charge in [-0.15, -0.1) is 0 Å². The lowest BCUT2D eigenvalue weighted by Gasteiger charge is -2.64. The molecule has 8 heteroatoms. The molecule has 0 saturated heterocycles. The molecule has 0 aromatic rings. The smallest absolute Gasteiger partial charge is 0.306 e. The van der Waals surface area contributed by atoms with E-state index in [0.29, 0.717) is 12.8 Å². The Hall–Kier alpha value is -1.80. The molecule has 3 saturated carbocycles. The van der Waals surface area contributed by atoms with Crippen LogP contribution in [0.2, 0.25) is 0 Å². The Morgan fingerprint density at radius 2 is 1.81 bits per heavy atom. The number of hydrogen-bond donors (Lipinski definition) is 1. The number of Topliss-reactive ketones (excluding diaryl/α,β-unsaturated/α-hetero) is 1. The summed E-state index contributed by atoms with van der Waals surface area (Å²) in [7, 11) is 0. The molecule has 4 aliphatic rings. The van der Waals surface area contributed by atoms with Crippen LogP contribution >= 0.6 is 15.9 Å². The Labute approximate surface area is 221 Å². The first kappa shape index (κ1) is 27.2. The highest BCUT2D eigenvalue weighted by atomic mass is 79.9. The number of ketones is 2. The molecule has 0 aromatic heterocycles. The minimum atomic E-state index is -1.51. The van der Waals surface area contributed by atoms with Crippen LogP contribution in [0.5, 0.6) is 0 Å². The molecule has 0 amide bonds. The predicted octanol–water partition coefficient (Wildman–Crippen LogP) is 4.24. The van der Waals surface area contributed by atoms with E-state index >= 15 is 0 Å². The molecule has 4 unspecified atom stereocenters. The summed E-state index contributed by atoms with van der Waals surface area (Å²) in [5, 5.41) is 11.9. The SMILES string of the molecule is CCC(=O)OCC(=O)[C@@]1(OC(=O)CC)C(C)CC2C3CCC4=CC(=O)C=C[C@]4(C)[C@@]3(Br)C(O)C[C@@]21C. The van der Waals surface area contributed by atoms with E-state index in [1.54, 1.807) is 26.0 Å². The number of ether oxygens (including phenoxy) is 2. The van der Waals surface area contributed by atoms with Crippen LogP contribution in [0.3, 0.4) is 0 Å². The molecular formula is C28H37BrO7. The highest BCUT2D eigenvalue weighted by molar-refractivity contribution is 9.10. The molecule has 0 bridgehead atoms. The molecule has 198 valence electrons. The zero-order valence-corrected chi connectivity index (χ0v) is 23.4. The maximum atomic E-state index is 13.9. The summed E-state index contributed by atoms with van der Waals surface area (Å²) in [6.45, 7) is 8.81. The molecule has 36 heavy (non-hydrogen) atoms. The number of carbonyl (C=O) groups is 4. The summed E-state index contributed by atoms with van der Waals surface area (Å²) in [4.78, 5) is 50.6. The van der Waals surface area contributed by atoms with Gasteiger partial charge in [0.1, 0.15) is 0 Å². The lowest BCUT2D eigenvalue weighted by Crippen LogP contribution is -2.69. The number of esters is 2. The second-order valence-corrected chi connectivity index (χ2v) is 12.7. The second-order valence-electron chi connectivity index (χ2n) is 11.4. The van der Waals surface area contributed by atoms with E-state index in [-0.39, 0.29) is 42.8 Å². The average Bonchev–Trinajstić information content (AvgIpc) is 3.05. The molecule has 0 heterocycles. The summed E-state index contributed by atoms with van der Waals surface area (Å²) in [6, 6.07) is 0. The van der Waals surface area contributed by atoms with Gasteiger partial charge in [-0.2, -0.15) is 0 Å².